The normalized spacial score (nSPS) is 15.4. The van der Waals surface area contributed by atoms with Gasteiger partial charge in [0.1, 0.15) is 11.3 Å². The molecule has 2 aromatic carbocycles. The van der Waals surface area contributed by atoms with Crippen molar-refractivity contribution in [1.29, 1.82) is 5.26 Å². The van der Waals surface area contributed by atoms with E-state index in [9.17, 15) is 23.1 Å². The van der Waals surface area contributed by atoms with Gasteiger partial charge in [0, 0.05) is 5.69 Å². The van der Waals surface area contributed by atoms with E-state index in [-0.39, 0.29) is 17.2 Å². The zero-order chi connectivity index (χ0) is 21.1. The predicted molar refractivity (Wildman–Crippen MR) is 102 cm³/mol. The molecule has 2 aromatic rings. The lowest BCUT2D eigenvalue weighted by Crippen LogP contribution is -2.44. The number of carbonyl (C=O) groups is 1. The van der Waals surface area contributed by atoms with Crippen molar-refractivity contribution in [1.82, 2.24) is 5.32 Å². The molecule has 0 saturated carbocycles. The summed E-state index contributed by atoms with van der Waals surface area (Å²) >= 11 is 5.11. The molecule has 0 radical (unpaired) electrons. The van der Waals surface area contributed by atoms with Crippen molar-refractivity contribution in [2.45, 2.75) is 25.6 Å². The molecule has 1 heterocycles. The summed E-state index contributed by atoms with van der Waals surface area (Å²) in [4.78, 5) is 13.4. The smallest absolute Gasteiger partial charge is 0.417 e. The molecule has 0 unspecified atom stereocenters. The summed E-state index contributed by atoms with van der Waals surface area (Å²) in [5, 5.41) is 20.6. The molecule has 1 aliphatic heterocycles. The molecule has 0 aromatic heterocycles. The van der Waals surface area contributed by atoms with Crippen LogP contribution in [0.15, 0.2) is 48.5 Å². The standard InChI is InChI=1S/C11H12N2O2S.C8H4F3N/c1-11(2)9(15)12-10(16)13(11)7-3-5-8(14)6-4-7;9-8(10,11)7-4-2-1-3-6(7)5-12/h3-6,14H,1-2H3,(H,12,15,16);1-4H. The first-order valence-corrected chi connectivity index (χ1v) is 8.40. The molecular formula is C19H16F3N3O2S. The predicted octanol–water partition coefficient (Wildman–Crippen LogP) is 3.97. The van der Waals surface area contributed by atoms with E-state index in [1.807, 2.05) is 0 Å². The SMILES string of the molecule is CC1(C)C(=O)NC(=S)N1c1ccc(O)cc1.N#Cc1ccccc1C(F)(F)F. The summed E-state index contributed by atoms with van der Waals surface area (Å²) in [6.07, 6.45) is -4.44. The lowest BCUT2D eigenvalue weighted by molar-refractivity contribution is -0.137. The van der Waals surface area contributed by atoms with Crippen LogP contribution in [0.5, 0.6) is 5.75 Å². The Hall–Kier alpha value is -3.12. The van der Waals surface area contributed by atoms with E-state index < -0.39 is 17.3 Å². The van der Waals surface area contributed by atoms with E-state index >= 15 is 0 Å². The van der Waals surface area contributed by atoms with E-state index in [1.165, 1.54) is 18.2 Å². The molecule has 0 atom stereocenters. The van der Waals surface area contributed by atoms with Gasteiger partial charge in [0.15, 0.2) is 5.11 Å². The number of phenols is 1. The van der Waals surface area contributed by atoms with Crippen LogP contribution in [-0.2, 0) is 11.0 Å². The number of hydrogen-bond donors (Lipinski definition) is 2. The number of phenolic OH excluding ortho intramolecular Hbond substituents is 1. The summed E-state index contributed by atoms with van der Waals surface area (Å²) in [6, 6.07) is 12.7. The minimum Gasteiger partial charge on any atom is -0.508 e. The Bertz CT molecular complexity index is 935. The molecule has 28 heavy (non-hydrogen) atoms. The van der Waals surface area contributed by atoms with Gasteiger partial charge in [0.25, 0.3) is 5.91 Å². The van der Waals surface area contributed by atoms with Crippen molar-refractivity contribution < 1.29 is 23.1 Å². The number of hydrogen-bond acceptors (Lipinski definition) is 4. The Morgan fingerprint density at radius 3 is 2.14 bits per heavy atom. The van der Waals surface area contributed by atoms with Gasteiger partial charge < -0.3 is 15.3 Å². The molecule has 3 rings (SSSR count). The Morgan fingerprint density at radius 2 is 1.71 bits per heavy atom. The van der Waals surface area contributed by atoms with Crippen LogP contribution < -0.4 is 10.2 Å². The molecule has 1 aliphatic rings. The quantitative estimate of drug-likeness (QED) is 0.700. The topological polar surface area (TPSA) is 76.4 Å². The Labute approximate surface area is 165 Å². The summed E-state index contributed by atoms with van der Waals surface area (Å²) in [5.41, 5.74) is -1.14. The van der Waals surface area contributed by atoms with Crippen LogP contribution in [0.4, 0.5) is 18.9 Å². The Kier molecular flexibility index (Phi) is 5.95. The molecule has 0 spiro atoms. The third-order valence-electron chi connectivity index (χ3n) is 4.00. The number of benzene rings is 2. The highest BCUT2D eigenvalue weighted by Gasteiger charge is 2.44. The third kappa shape index (κ3) is 4.40. The van der Waals surface area contributed by atoms with E-state index in [4.69, 9.17) is 17.5 Å². The van der Waals surface area contributed by atoms with Crippen LogP contribution in [0.1, 0.15) is 25.0 Å². The molecule has 5 nitrogen and oxygen atoms in total. The van der Waals surface area contributed by atoms with Crippen molar-refractivity contribution in [2.24, 2.45) is 0 Å². The minimum absolute atomic E-state index is 0.120. The van der Waals surface area contributed by atoms with Gasteiger partial charge in [0.2, 0.25) is 0 Å². The first-order valence-electron chi connectivity index (χ1n) is 7.99. The Morgan fingerprint density at radius 1 is 1.14 bits per heavy atom. The molecule has 9 heteroatoms. The van der Waals surface area contributed by atoms with Crippen molar-refractivity contribution in [2.75, 3.05) is 4.90 Å². The number of nitrogens with one attached hydrogen (secondary N) is 1. The monoisotopic (exact) mass is 407 g/mol. The van der Waals surface area contributed by atoms with E-state index in [2.05, 4.69) is 5.32 Å². The van der Waals surface area contributed by atoms with Crippen molar-refractivity contribution >= 4 is 28.9 Å². The minimum atomic E-state index is -4.44. The average molecular weight is 407 g/mol. The highest BCUT2D eigenvalue weighted by atomic mass is 32.1. The second kappa shape index (κ2) is 7.86. The molecule has 0 bridgehead atoms. The molecular weight excluding hydrogens is 391 g/mol. The molecule has 2 N–H and O–H groups in total. The van der Waals surface area contributed by atoms with Crippen LogP contribution >= 0.6 is 12.2 Å². The van der Waals surface area contributed by atoms with Gasteiger partial charge in [-0.1, -0.05) is 12.1 Å². The zero-order valence-corrected chi connectivity index (χ0v) is 15.7. The third-order valence-corrected chi connectivity index (χ3v) is 4.28. The lowest BCUT2D eigenvalue weighted by Gasteiger charge is -2.29. The number of thiocarbonyl (C=S) groups is 1. The second-order valence-corrected chi connectivity index (χ2v) is 6.71. The second-order valence-electron chi connectivity index (χ2n) is 6.33. The number of nitriles is 1. The number of alkyl halides is 3. The van der Waals surface area contributed by atoms with Gasteiger partial charge >= 0.3 is 6.18 Å². The molecule has 146 valence electrons. The van der Waals surface area contributed by atoms with E-state index in [0.717, 1.165) is 17.8 Å². The Balaban J connectivity index is 0.000000209. The maximum Gasteiger partial charge on any atom is 0.417 e. The van der Waals surface area contributed by atoms with Gasteiger partial charge in [-0.05, 0) is 62.5 Å². The van der Waals surface area contributed by atoms with Crippen LogP contribution in [-0.4, -0.2) is 21.7 Å². The first kappa shape index (κ1) is 21.2. The van der Waals surface area contributed by atoms with Crippen molar-refractivity contribution in [3.63, 3.8) is 0 Å². The number of amides is 1. The molecule has 1 fully saturated rings. The number of rotatable bonds is 1. The fourth-order valence-electron chi connectivity index (χ4n) is 2.53. The summed E-state index contributed by atoms with van der Waals surface area (Å²) in [7, 11) is 0. The van der Waals surface area contributed by atoms with Crippen molar-refractivity contribution in [3.05, 3.63) is 59.7 Å². The number of nitrogens with zero attached hydrogens (tertiary/aromatic N) is 2. The van der Waals surface area contributed by atoms with Crippen LogP contribution in [0, 0.1) is 11.3 Å². The van der Waals surface area contributed by atoms with Gasteiger partial charge in [-0.2, -0.15) is 18.4 Å². The molecule has 1 saturated heterocycles. The maximum absolute atomic E-state index is 12.1. The summed E-state index contributed by atoms with van der Waals surface area (Å²) in [6.45, 7) is 3.60. The van der Waals surface area contributed by atoms with E-state index in [1.54, 1.807) is 43.0 Å². The van der Waals surface area contributed by atoms with E-state index in [0.29, 0.717) is 5.11 Å². The van der Waals surface area contributed by atoms with Gasteiger partial charge in [-0.25, -0.2) is 0 Å². The van der Waals surface area contributed by atoms with Crippen molar-refractivity contribution in [3.8, 4) is 11.8 Å². The van der Waals surface area contributed by atoms with Crippen LogP contribution in [0.3, 0.4) is 0 Å². The number of carbonyl (C=O) groups excluding carboxylic acids is 1. The van der Waals surface area contributed by atoms with Gasteiger partial charge in [-0.15, -0.1) is 0 Å². The number of halogens is 3. The fourth-order valence-corrected chi connectivity index (χ4v) is 2.96. The van der Waals surface area contributed by atoms with Gasteiger partial charge in [0.05, 0.1) is 17.2 Å². The fraction of sp³-hybridized carbons (Fsp3) is 0.211. The number of aromatic hydroxyl groups is 1. The average Bonchev–Trinajstić information content (AvgIpc) is 2.83. The number of anilines is 1. The lowest BCUT2D eigenvalue weighted by atomic mass is 10.0. The summed E-state index contributed by atoms with van der Waals surface area (Å²) < 4.78 is 36.3. The molecule has 0 aliphatic carbocycles. The summed E-state index contributed by atoms with van der Waals surface area (Å²) in [5.74, 6) is 0.0662. The largest absolute Gasteiger partial charge is 0.508 e. The maximum atomic E-state index is 12.1. The molecule has 1 amide bonds. The van der Waals surface area contributed by atoms with Gasteiger partial charge in [-0.3, -0.25) is 4.79 Å². The van der Waals surface area contributed by atoms with Crippen LogP contribution in [0.25, 0.3) is 0 Å². The highest BCUT2D eigenvalue weighted by molar-refractivity contribution is 7.80. The van der Waals surface area contributed by atoms with Crippen LogP contribution in [0.2, 0.25) is 0 Å². The highest BCUT2D eigenvalue weighted by Crippen LogP contribution is 2.31. The zero-order valence-electron chi connectivity index (χ0n) is 14.9. The first-order chi connectivity index (χ1) is 13.0.